The molecule has 1 atom stereocenters. The van der Waals surface area contributed by atoms with Crippen molar-refractivity contribution in [3.05, 3.63) is 35.9 Å². The molecule has 1 aromatic rings. The summed E-state index contributed by atoms with van der Waals surface area (Å²) in [5.41, 5.74) is 1.17. The molecule has 1 heteroatoms. The standard InChI is InChI=1S/C13H20O/c1-4-11-13(3,14-5-2)12-9-7-6-8-10-12/h6-10H,4-5,11H2,1-3H3. The van der Waals surface area contributed by atoms with E-state index in [0.717, 1.165) is 19.4 Å². The second-order valence-electron chi connectivity index (χ2n) is 3.78. The Hall–Kier alpha value is -0.820. The average molecular weight is 192 g/mol. The lowest BCUT2D eigenvalue weighted by molar-refractivity contribution is -0.0363. The van der Waals surface area contributed by atoms with Gasteiger partial charge in [-0.1, -0.05) is 43.7 Å². The largest absolute Gasteiger partial charge is 0.371 e. The van der Waals surface area contributed by atoms with Crippen LogP contribution in [0.5, 0.6) is 0 Å². The zero-order valence-electron chi connectivity index (χ0n) is 9.42. The minimum absolute atomic E-state index is 0.106. The first-order valence-corrected chi connectivity index (χ1v) is 5.42. The van der Waals surface area contributed by atoms with Crippen LogP contribution >= 0.6 is 0 Å². The number of rotatable bonds is 5. The number of hydrogen-bond acceptors (Lipinski definition) is 1. The van der Waals surface area contributed by atoms with E-state index in [2.05, 4.69) is 45.0 Å². The van der Waals surface area contributed by atoms with Gasteiger partial charge in [-0.15, -0.1) is 0 Å². The fourth-order valence-electron chi connectivity index (χ4n) is 1.89. The summed E-state index contributed by atoms with van der Waals surface area (Å²) in [5.74, 6) is 0. The lowest BCUT2D eigenvalue weighted by atomic mass is 9.91. The molecular weight excluding hydrogens is 172 g/mol. The van der Waals surface area contributed by atoms with Gasteiger partial charge in [0.25, 0.3) is 0 Å². The van der Waals surface area contributed by atoms with E-state index in [1.54, 1.807) is 0 Å². The molecule has 0 bridgehead atoms. The van der Waals surface area contributed by atoms with Crippen LogP contribution in [0.2, 0.25) is 0 Å². The van der Waals surface area contributed by atoms with Crippen molar-refractivity contribution >= 4 is 0 Å². The fraction of sp³-hybridized carbons (Fsp3) is 0.538. The van der Waals surface area contributed by atoms with Crippen LogP contribution in [0, 0.1) is 0 Å². The van der Waals surface area contributed by atoms with E-state index in [1.807, 2.05) is 6.07 Å². The average Bonchev–Trinajstić information content (AvgIpc) is 2.20. The van der Waals surface area contributed by atoms with Gasteiger partial charge in [-0.25, -0.2) is 0 Å². The van der Waals surface area contributed by atoms with Crippen molar-refractivity contribution in [3.8, 4) is 0 Å². The molecule has 0 heterocycles. The van der Waals surface area contributed by atoms with Crippen molar-refractivity contribution in [2.45, 2.75) is 39.2 Å². The highest BCUT2D eigenvalue weighted by Gasteiger charge is 2.25. The maximum Gasteiger partial charge on any atom is 0.0903 e. The van der Waals surface area contributed by atoms with Gasteiger partial charge in [0.1, 0.15) is 0 Å². The minimum atomic E-state index is -0.106. The lowest BCUT2D eigenvalue weighted by Crippen LogP contribution is -2.25. The molecule has 14 heavy (non-hydrogen) atoms. The predicted octanol–water partition coefficient (Wildman–Crippen LogP) is 3.74. The minimum Gasteiger partial charge on any atom is -0.371 e. The van der Waals surface area contributed by atoms with Gasteiger partial charge < -0.3 is 4.74 Å². The van der Waals surface area contributed by atoms with E-state index in [4.69, 9.17) is 4.74 Å². The highest BCUT2D eigenvalue weighted by molar-refractivity contribution is 5.21. The normalized spacial score (nSPS) is 15.1. The summed E-state index contributed by atoms with van der Waals surface area (Å²) in [5, 5.41) is 0. The Bertz CT molecular complexity index is 247. The Morgan fingerprint density at radius 3 is 2.29 bits per heavy atom. The van der Waals surface area contributed by atoms with Crippen LogP contribution in [0.3, 0.4) is 0 Å². The van der Waals surface area contributed by atoms with E-state index in [0.29, 0.717) is 0 Å². The van der Waals surface area contributed by atoms with E-state index >= 15 is 0 Å². The molecule has 0 aliphatic heterocycles. The van der Waals surface area contributed by atoms with Crippen molar-refractivity contribution in [3.63, 3.8) is 0 Å². The molecule has 0 fully saturated rings. The van der Waals surface area contributed by atoms with Crippen LogP contribution in [0.25, 0.3) is 0 Å². The molecule has 0 saturated heterocycles. The zero-order chi connectivity index (χ0) is 10.4. The molecule has 0 N–H and O–H groups in total. The second kappa shape index (κ2) is 5.16. The number of benzene rings is 1. The molecule has 0 radical (unpaired) electrons. The van der Waals surface area contributed by atoms with Crippen molar-refractivity contribution in [2.75, 3.05) is 6.61 Å². The Kier molecular flexibility index (Phi) is 4.15. The summed E-state index contributed by atoms with van der Waals surface area (Å²) in [7, 11) is 0. The third-order valence-electron chi connectivity index (χ3n) is 2.57. The molecule has 1 unspecified atom stereocenters. The van der Waals surface area contributed by atoms with Crippen LogP contribution in [-0.4, -0.2) is 6.61 Å². The second-order valence-corrected chi connectivity index (χ2v) is 3.78. The van der Waals surface area contributed by atoms with Crippen LogP contribution in [0.1, 0.15) is 39.2 Å². The molecule has 0 aliphatic carbocycles. The summed E-state index contributed by atoms with van der Waals surface area (Å²) >= 11 is 0. The topological polar surface area (TPSA) is 9.23 Å². The summed E-state index contributed by atoms with van der Waals surface area (Å²) in [6.07, 6.45) is 2.22. The zero-order valence-corrected chi connectivity index (χ0v) is 9.42. The first-order chi connectivity index (χ1) is 6.73. The Labute approximate surface area is 87.1 Å². The van der Waals surface area contributed by atoms with Gasteiger partial charge in [0.2, 0.25) is 0 Å². The maximum absolute atomic E-state index is 5.86. The van der Waals surface area contributed by atoms with E-state index in [1.165, 1.54) is 5.56 Å². The fourth-order valence-corrected chi connectivity index (χ4v) is 1.89. The molecule has 0 aromatic heterocycles. The van der Waals surface area contributed by atoms with Crippen LogP contribution < -0.4 is 0 Å². The number of hydrogen-bond donors (Lipinski definition) is 0. The van der Waals surface area contributed by atoms with Gasteiger partial charge in [0.05, 0.1) is 5.60 Å². The Morgan fingerprint density at radius 1 is 1.14 bits per heavy atom. The molecule has 0 saturated carbocycles. The molecule has 1 rings (SSSR count). The summed E-state index contributed by atoms with van der Waals surface area (Å²) in [6, 6.07) is 10.5. The van der Waals surface area contributed by atoms with E-state index < -0.39 is 0 Å². The van der Waals surface area contributed by atoms with Gasteiger partial charge in [-0.05, 0) is 25.8 Å². The molecule has 1 nitrogen and oxygen atoms in total. The van der Waals surface area contributed by atoms with Crippen molar-refractivity contribution in [1.82, 2.24) is 0 Å². The smallest absolute Gasteiger partial charge is 0.0903 e. The molecule has 0 amide bonds. The number of ether oxygens (including phenoxy) is 1. The summed E-state index contributed by atoms with van der Waals surface area (Å²) in [4.78, 5) is 0. The monoisotopic (exact) mass is 192 g/mol. The van der Waals surface area contributed by atoms with E-state index in [-0.39, 0.29) is 5.60 Å². The van der Waals surface area contributed by atoms with E-state index in [9.17, 15) is 0 Å². The van der Waals surface area contributed by atoms with Gasteiger partial charge in [-0.2, -0.15) is 0 Å². The van der Waals surface area contributed by atoms with Crippen molar-refractivity contribution in [1.29, 1.82) is 0 Å². The molecular formula is C13H20O. The van der Waals surface area contributed by atoms with Crippen LogP contribution in [-0.2, 0) is 10.3 Å². The van der Waals surface area contributed by atoms with Crippen LogP contribution in [0.15, 0.2) is 30.3 Å². The summed E-state index contributed by atoms with van der Waals surface area (Å²) in [6.45, 7) is 7.19. The van der Waals surface area contributed by atoms with Gasteiger partial charge in [0, 0.05) is 6.61 Å². The SMILES string of the molecule is CCCC(C)(OCC)c1ccccc1. The maximum atomic E-state index is 5.86. The molecule has 1 aromatic carbocycles. The molecule has 78 valence electrons. The Balaban J connectivity index is 2.87. The lowest BCUT2D eigenvalue weighted by Gasteiger charge is -2.29. The molecule has 0 aliphatic rings. The van der Waals surface area contributed by atoms with Crippen LogP contribution in [0.4, 0.5) is 0 Å². The van der Waals surface area contributed by atoms with Gasteiger partial charge >= 0.3 is 0 Å². The first kappa shape index (κ1) is 11.3. The highest BCUT2D eigenvalue weighted by Crippen LogP contribution is 2.29. The van der Waals surface area contributed by atoms with Crippen molar-refractivity contribution in [2.24, 2.45) is 0 Å². The van der Waals surface area contributed by atoms with Crippen molar-refractivity contribution < 1.29 is 4.74 Å². The Morgan fingerprint density at radius 2 is 1.79 bits per heavy atom. The third kappa shape index (κ3) is 2.58. The third-order valence-corrected chi connectivity index (χ3v) is 2.57. The van der Waals surface area contributed by atoms with Gasteiger partial charge in [0.15, 0.2) is 0 Å². The summed E-state index contributed by atoms with van der Waals surface area (Å²) < 4.78 is 5.86. The van der Waals surface area contributed by atoms with Gasteiger partial charge in [-0.3, -0.25) is 0 Å². The highest BCUT2D eigenvalue weighted by atomic mass is 16.5. The molecule has 0 spiro atoms. The first-order valence-electron chi connectivity index (χ1n) is 5.42. The quantitative estimate of drug-likeness (QED) is 0.690. The predicted molar refractivity (Wildman–Crippen MR) is 60.3 cm³/mol.